The topological polar surface area (TPSA) is 135 Å². The standard InChI is InChI=1S/C17H20N4O2.2C2HF3O2/c1-3-14(9-18-5-1)10-22-11-15-4-8-23-17(15)12-21(13-17)16-19-6-2-7-20-16;2*3-2(4,5)1(6)7/h1-3,5-7,9,15H,4,8,10-13H2;2*(H,6,7). The summed E-state index contributed by atoms with van der Waals surface area (Å²) in [6.45, 7) is 3.82. The number of rotatable bonds is 5. The van der Waals surface area contributed by atoms with Gasteiger partial charge in [-0.05, 0) is 24.1 Å². The molecule has 0 saturated carbocycles. The number of nitrogens with zero attached hydrogens (tertiary/aromatic N) is 4. The van der Waals surface area contributed by atoms with Crippen LogP contribution in [-0.2, 0) is 25.7 Å². The number of aliphatic carboxylic acids is 2. The fourth-order valence-corrected chi connectivity index (χ4v) is 3.37. The van der Waals surface area contributed by atoms with Gasteiger partial charge in [0.15, 0.2) is 0 Å². The highest BCUT2D eigenvalue weighted by Crippen LogP contribution is 2.41. The number of ether oxygens (including phenoxy) is 2. The summed E-state index contributed by atoms with van der Waals surface area (Å²) in [4.78, 5) is 32.7. The quantitative estimate of drug-likeness (QED) is 0.545. The van der Waals surface area contributed by atoms with Gasteiger partial charge in [-0.2, -0.15) is 26.3 Å². The lowest BCUT2D eigenvalue weighted by Gasteiger charge is -2.50. The van der Waals surface area contributed by atoms with Crippen LogP contribution >= 0.6 is 0 Å². The van der Waals surface area contributed by atoms with Gasteiger partial charge < -0.3 is 24.6 Å². The smallest absolute Gasteiger partial charge is 0.475 e. The number of carbonyl (C=O) groups is 2. The largest absolute Gasteiger partial charge is 0.490 e. The SMILES string of the molecule is O=C(O)C(F)(F)F.O=C(O)C(F)(F)F.c1cnc(N2CC3(C2)OCCC3COCc2cccnc2)nc1. The van der Waals surface area contributed by atoms with Crippen molar-refractivity contribution in [2.75, 3.05) is 31.2 Å². The minimum Gasteiger partial charge on any atom is -0.475 e. The molecule has 0 aromatic carbocycles. The Morgan fingerprint density at radius 1 is 1.03 bits per heavy atom. The summed E-state index contributed by atoms with van der Waals surface area (Å²) in [6.07, 6.45) is -1.94. The lowest BCUT2D eigenvalue weighted by atomic mass is 9.81. The van der Waals surface area contributed by atoms with Crippen LogP contribution in [0.5, 0.6) is 0 Å². The van der Waals surface area contributed by atoms with Gasteiger partial charge in [-0.3, -0.25) is 4.98 Å². The van der Waals surface area contributed by atoms with Gasteiger partial charge >= 0.3 is 24.3 Å². The summed E-state index contributed by atoms with van der Waals surface area (Å²) in [6, 6.07) is 5.80. The summed E-state index contributed by atoms with van der Waals surface area (Å²) in [5, 5.41) is 14.2. The molecule has 0 bridgehead atoms. The molecule has 2 aliphatic rings. The van der Waals surface area contributed by atoms with Crippen LogP contribution in [0.25, 0.3) is 0 Å². The number of halogens is 6. The highest BCUT2D eigenvalue weighted by atomic mass is 19.4. The van der Waals surface area contributed by atoms with Crippen molar-refractivity contribution < 1.29 is 55.6 Å². The summed E-state index contributed by atoms with van der Waals surface area (Å²) in [7, 11) is 0. The second-order valence-corrected chi connectivity index (χ2v) is 7.79. The zero-order valence-electron chi connectivity index (χ0n) is 18.9. The average molecular weight is 540 g/mol. The number of carboxylic acids is 2. The minimum atomic E-state index is -5.08. The van der Waals surface area contributed by atoms with E-state index in [1.807, 2.05) is 24.4 Å². The predicted molar refractivity (Wildman–Crippen MR) is 112 cm³/mol. The molecule has 204 valence electrons. The molecular formula is C21H22F6N4O6. The van der Waals surface area contributed by atoms with Crippen LogP contribution in [0.2, 0.25) is 0 Å². The average Bonchev–Trinajstić information content (AvgIpc) is 3.23. The van der Waals surface area contributed by atoms with Crippen molar-refractivity contribution in [1.82, 2.24) is 15.0 Å². The Morgan fingerprint density at radius 2 is 1.59 bits per heavy atom. The van der Waals surface area contributed by atoms with Crippen molar-refractivity contribution in [3.8, 4) is 0 Å². The Labute approximate surface area is 205 Å². The molecule has 1 unspecified atom stereocenters. The third-order valence-corrected chi connectivity index (χ3v) is 5.15. The molecule has 2 aliphatic heterocycles. The predicted octanol–water partition coefficient (Wildman–Crippen LogP) is 2.95. The minimum absolute atomic E-state index is 0.0891. The second-order valence-electron chi connectivity index (χ2n) is 7.79. The fraction of sp³-hybridized carbons (Fsp3) is 0.476. The maximum Gasteiger partial charge on any atom is 0.490 e. The van der Waals surface area contributed by atoms with E-state index in [0.29, 0.717) is 12.5 Å². The number of carboxylic acid groups (broad SMARTS) is 2. The number of hydrogen-bond donors (Lipinski definition) is 2. The first-order chi connectivity index (χ1) is 17.2. The van der Waals surface area contributed by atoms with E-state index in [1.54, 1.807) is 18.6 Å². The van der Waals surface area contributed by atoms with E-state index in [9.17, 15) is 26.3 Å². The molecule has 37 heavy (non-hydrogen) atoms. The van der Waals surface area contributed by atoms with E-state index in [2.05, 4.69) is 19.9 Å². The van der Waals surface area contributed by atoms with Crippen LogP contribution in [-0.4, -0.2) is 81.4 Å². The van der Waals surface area contributed by atoms with E-state index in [-0.39, 0.29) is 5.60 Å². The molecule has 0 radical (unpaired) electrons. The van der Waals surface area contributed by atoms with Gasteiger partial charge in [-0.1, -0.05) is 6.07 Å². The summed E-state index contributed by atoms with van der Waals surface area (Å²) in [5.41, 5.74) is 1.02. The van der Waals surface area contributed by atoms with Crippen molar-refractivity contribution in [3.05, 3.63) is 48.5 Å². The van der Waals surface area contributed by atoms with Gasteiger partial charge in [0.25, 0.3) is 0 Å². The molecule has 10 nitrogen and oxygen atoms in total. The highest BCUT2D eigenvalue weighted by molar-refractivity contribution is 5.73. The molecule has 2 saturated heterocycles. The van der Waals surface area contributed by atoms with E-state index in [4.69, 9.17) is 29.3 Å². The molecule has 16 heteroatoms. The van der Waals surface area contributed by atoms with Gasteiger partial charge in [-0.25, -0.2) is 19.6 Å². The Balaban J connectivity index is 0.000000286. The van der Waals surface area contributed by atoms with Crippen molar-refractivity contribution in [1.29, 1.82) is 0 Å². The first-order valence-corrected chi connectivity index (χ1v) is 10.5. The molecule has 4 rings (SSSR count). The summed E-state index contributed by atoms with van der Waals surface area (Å²) in [5.74, 6) is -4.30. The molecule has 2 N–H and O–H groups in total. The van der Waals surface area contributed by atoms with Gasteiger partial charge in [0.05, 0.1) is 26.3 Å². The Kier molecular flexibility index (Phi) is 10.1. The van der Waals surface area contributed by atoms with E-state index < -0.39 is 24.3 Å². The summed E-state index contributed by atoms with van der Waals surface area (Å²) >= 11 is 0. The highest BCUT2D eigenvalue weighted by Gasteiger charge is 2.53. The second kappa shape index (κ2) is 12.6. The maximum absolute atomic E-state index is 10.6. The summed E-state index contributed by atoms with van der Waals surface area (Å²) < 4.78 is 75.4. The van der Waals surface area contributed by atoms with Crippen LogP contribution in [0.1, 0.15) is 12.0 Å². The number of pyridine rings is 1. The molecule has 1 spiro atoms. The lowest BCUT2D eigenvalue weighted by molar-refractivity contribution is -0.193. The Bertz CT molecular complexity index is 980. The van der Waals surface area contributed by atoms with Crippen LogP contribution in [0.4, 0.5) is 32.3 Å². The first-order valence-electron chi connectivity index (χ1n) is 10.5. The first kappa shape index (κ1) is 29.7. The van der Waals surface area contributed by atoms with Gasteiger partial charge in [0, 0.05) is 37.3 Å². The van der Waals surface area contributed by atoms with Crippen LogP contribution in [0.15, 0.2) is 43.0 Å². The molecular weight excluding hydrogens is 518 g/mol. The molecule has 4 heterocycles. The lowest BCUT2D eigenvalue weighted by Crippen LogP contribution is -2.66. The maximum atomic E-state index is 10.6. The molecule has 2 aromatic heterocycles. The van der Waals surface area contributed by atoms with Crippen LogP contribution < -0.4 is 4.90 Å². The van der Waals surface area contributed by atoms with Crippen molar-refractivity contribution in [2.45, 2.75) is 31.0 Å². The third-order valence-electron chi connectivity index (χ3n) is 5.15. The Morgan fingerprint density at radius 3 is 2.08 bits per heavy atom. The van der Waals surface area contributed by atoms with Crippen molar-refractivity contribution in [2.24, 2.45) is 5.92 Å². The van der Waals surface area contributed by atoms with Gasteiger partial charge in [0.1, 0.15) is 5.60 Å². The molecule has 0 aliphatic carbocycles. The monoisotopic (exact) mass is 540 g/mol. The normalized spacial score (nSPS) is 18.1. The molecule has 0 amide bonds. The zero-order chi connectivity index (χ0) is 27.7. The van der Waals surface area contributed by atoms with E-state index in [1.165, 1.54) is 0 Å². The van der Waals surface area contributed by atoms with Crippen LogP contribution in [0, 0.1) is 5.92 Å². The number of anilines is 1. The number of aromatic nitrogens is 3. The van der Waals surface area contributed by atoms with E-state index >= 15 is 0 Å². The molecule has 1 atom stereocenters. The van der Waals surface area contributed by atoms with Crippen molar-refractivity contribution >= 4 is 17.9 Å². The van der Waals surface area contributed by atoms with Crippen LogP contribution in [0.3, 0.4) is 0 Å². The van der Waals surface area contributed by atoms with Gasteiger partial charge in [-0.15, -0.1) is 0 Å². The third kappa shape index (κ3) is 9.13. The Hall–Kier alpha value is -3.53. The molecule has 2 fully saturated rings. The van der Waals surface area contributed by atoms with E-state index in [0.717, 1.165) is 44.2 Å². The zero-order valence-corrected chi connectivity index (χ0v) is 18.9. The van der Waals surface area contributed by atoms with Gasteiger partial charge in [0.2, 0.25) is 5.95 Å². The molecule has 2 aromatic rings. The van der Waals surface area contributed by atoms with Crippen molar-refractivity contribution in [3.63, 3.8) is 0 Å². The number of hydrogen-bond acceptors (Lipinski definition) is 8. The number of alkyl halides is 6. The fourth-order valence-electron chi connectivity index (χ4n) is 3.37.